The van der Waals surface area contributed by atoms with E-state index in [1.165, 1.54) is 10.8 Å². The van der Waals surface area contributed by atoms with Crippen molar-refractivity contribution >= 4 is 35.0 Å². The minimum absolute atomic E-state index is 0.981. The second kappa shape index (κ2) is 4.22. The van der Waals surface area contributed by atoms with Crippen LogP contribution in [-0.4, -0.2) is 8.32 Å². The lowest BCUT2D eigenvalue weighted by Gasteiger charge is -2.19. The van der Waals surface area contributed by atoms with E-state index in [0.717, 1.165) is 10.2 Å². The standard InChI is InChI=1S/C13H15BrOSi/c1-16(2,3)15-13-7-5-10-8-12(14)6-4-11(10)9-13/h4-9H,1-3H3. The first kappa shape index (κ1) is 11.7. The van der Waals surface area contributed by atoms with Gasteiger partial charge in [-0.1, -0.05) is 28.1 Å². The van der Waals surface area contributed by atoms with Gasteiger partial charge in [0.15, 0.2) is 0 Å². The van der Waals surface area contributed by atoms with Crippen molar-refractivity contribution in [2.45, 2.75) is 19.6 Å². The lowest BCUT2D eigenvalue weighted by atomic mass is 10.1. The largest absolute Gasteiger partial charge is 0.544 e. The van der Waals surface area contributed by atoms with Gasteiger partial charge in [-0.3, -0.25) is 0 Å². The molecule has 0 atom stereocenters. The molecule has 0 spiro atoms. The molecule has 2 aromatic carbocycles. The Hall–Kier alpha value is -0.803. The van der Waals surface area contributed by atoms with Crippen LogP contribution in [0.15, 0.2) is 40.9 Å². The Labute approximate surface area is 106 Å². The average Bonchev–Trinajstić information content (AvgIpc) is 2.16. The van der Waals surface area contributed by atoms with Gasteiger partial charge in [0.1, 0.15) is 5.75 Å². The van der Waals surface area contributed by atoms with E-state index in [9.17, 15) is 0 Å². The first-order chi connectivity index (χ1) is 7.44. The minimum Gasteiger partial charge on any atom is -0.544 e. The van der Waals surface area contributed by atoms with Crippen LogP contribution in [0.2, 0.25) is 19.6 Å². The van der Waals surface area contributed by atoms with Gasteiger partial charge in [-0.25, -0.2) is 0 Å². The van der Waals surface area contributed by atoms with Gasteiger partial charge in [0.2, 0.25) is 8.32 Å². The molecule has 0 fully saturated rings. The van der Waals surface area contributed by atoms with Gasteiger partial charge in [-0.15, -0.1) is 0 Å². The predicted molar refractivity (Wildman–Crippen MR) is 75.6 cm³/mol. The molecule has 84 valence electrons. The normalized spacial score (nSPS) is 11.8. The molecule has 0 unspecified atom stereocenters. The summed E-state index contributed by atoms with van der Waals surface area (Å²) in [6, 6.07) is 12.5. The van der Waals surface area contributed by atoms with Crippen molar-refractivity contribution in [3.8, 4) is 5.75 Å². The van der Waals surface area contributed by atoms with E-state index in [1.54, 1.807) is 0 Å². The third-order valence-electron chi connectivity index (χ3n) is 2.20. The Morgan fingerprint density at radius 1 is 0.938 bits per heavy atom. The zero-order chi connectivity index (χ0) is 11.8. The molecule has 0 saturated heterocycles. The number of halogens is 1. The Morgan fingerprint density at radius 2 is 1.56 bits per heavy atom. The summed E-state index contributed by atoms with van der Waals surface area (Å²) in [4.78, 5) is 0. The molecular formula is C13H15BrOSi. The van der Waals surface area contributed by atoms with E-state index >= 15 is 0 Å². The molecule has 3 heteroatoms. The maximum absolute atomic E-state index is 5.97. The molecule has 0 amide bonds. The van der Waals surface area contributed by atoms with Gasteiger partial charge in [-0.2, -0.15) is 0 Å². The number of hydrogen-bond donors (Lipinski definition) is 0. The number of benzene rings is 2. The Bertz CT molecular complexity index is 517. The topological polar surface area (TPSA) is 9.23 Å². The van der Waals surface area contributed by atoms with Crippen molar-refractivity contribution in [3.63, 3.8) is 0 Å². The highest BCUT2D eigenvalue weighted by molar-refractivity contribution is 9.10. The van der Waals surface area contributed by atoms with Crippen molar-refractivity contribution < 1.29 is 4.43 Å². The van der Waals surface area contributed by atoms with Crippen LogP contribution in [0.5, 0.6) is 5.75 Å². The first-order valence-electron chi connectivity index (χ1n) is 5.32. The Kier molecular flexibility index (Phi) is 3.08. The number of hydrogen-bond acceptors (Lipinski definition) is 1. The third kappa shape index (κ3) is 2.86. The van der Waals surface area contributed by atoms with Gasteiger partial charge in [-0.05, 0) is 54.7 Å². The summed E-state index contributed by atoms with van der Waals surface area (Å²) >= 11 is 3.48. The highest BCUT2D eigenvalue weighted by Gasteiger charge is 2.16. The van der Waals surface area contributed by atoms with E-state index in [2.05, 4.69) is 65.9 Å². The Morgan fingerprint density at radius 3 is 2.25 bits per heavy atom. The van der Waals surface area contributed by atoms with Crippen molar-refractivity contribution in [2.75, 3.05) is 0 Å². The average molecular weight is 295 g/mol. The fraction of sp³-hybridized carbons (Fsp3) is 0.231. The molecule has 2 rings (SSSR count). The molecule has 0 N–H and O–H groups in total. The molecule has 0 radical (unpaired) electrons. The van der Waals surface area contributed by atoms with Crippen LogP contribution in [0.4, 0.5) is 0 Å². The van der Waals surface area contributed by atoms with Crippen molar-refractivity contribution in [2.24, 2.45) is 0 Å². The van der Waals surface area contributed by atoms with Crippen LogP contribution in [-0.2, 0) is 0 Å². The molecule has 0 aliphatic rings. The first-order valence-corrected chi connectivity index (χ1v) is 9.52. The van der Waals surface area contributed by atoms with E-state index in [1.807, 2.05) is 6.07 Å². The van der Waals surface area contributed by atoms with Crippen molar-refractivity contribution in [1.82, 2.24) is 0 Å². The van der Waals surface area contributed by atoms with Crippen LogP contribution in [0.25, 0.3) is 10.8 Å². The number of fused-ring (bicyclic) bond motifs is 1. The molecule has 0 heterocycles. The van der Waals surface area contributed by atoms with Gasteiger partial charge in [0, 0.05) is 4.47 Å². The molecule has 0 bridgehead atoms. The highest BCUT2D eigenvalue weighted by atomic mass is 79.9. The summed E-state index contributed by atoms with van der Waals surface area (Å²) in [7, 11) is -1.51. The van der Waals surface area contributed by atoms with Crippen LogP contribution in [0.1, 0.15) is 0 Å². The van der Waals surface area contributed by atoms with Crippen LogP contribution in [0, 0.1) is 0 Å². The zero-order valence-corrected chi connectivity index (χ0v) is 12.3. The minimum atomic E-state index is -1.51. The fourth-order valence-corrected chi connectivity index (χ4v) is 2.82. The molecule has 2 aromatic rings. The summed E-state index contributed by atoms with van der Waals surface area (Å²) in [6.45, 7) is 6.58. The monoisotopic (exact) mass is 294 g/mol. The quantitative estimate of drug-likeness (QED) is 0.722. The second-order valence-corrected chi connectivity index (χ2v) is 10.2. The predicted octanol–water partition coefficient (Wildman–Crippen LogP) is 4.82. The summed E-state index contributed by atoms with van der Waals surface area (Å²) in [5, 5.41) is 2.45. The fourth-order valence-electron chi connectivity index (χ4n) is 1.61. The van der Waals surface area contributed by atoms with Crippen LogP contribution in [0.3, 0.4) is 0 Å². The smallest absolute Gasteiger partial charge is 0.242 e. The van der Waals surface area contributed by atoms with E-state index in [-0.39, 0.29) is 0 Å². The van der Waals surface area contributed by atoms with Gasteiger partial charge in [0.05, 0.1) is 0 Å². The molecule has 0 saturated carbocycles. The maximum Gasteiger partial charge on any atom is 0.242 e. The molecule has 16 heavy (non-hydrogen) atoms. The summed E-state index contributed by atoms with van der Waals surface area (Å²) in [5.41, 5.74) is 0. The van der Waals surface area contributed by atoms with E-state index < -0.39 is 8.32 Å². The summed E-state index contributed by atoms with van der Waals surface area (Å²) in [6.07, 6.45) is 0. The van der Waals surface area contributed by atoms with E-state index in [0.29, 0.717) is 0 Å². The lowest BCUT2D eigenvalue weighted by molar-refractivity contribution is 0.558. The third-order valence-corrected chi connectivity index (χ3v) is 3.54. The van der Waals surface area contributed by atoms with Gasteiger partial charge in [0.25, 0.3) is 0 Å². The number of rotatable bonds is 2. The summed E-state index contributed by atoms with van der Waals surface area (Å²) in [5.74, 6) is 0.981. The van der Waals surface area contributed by atoms with Crippen molar-refractivity contribution in [3.05, 3.63) is 40.9 Å². The Balaban J connectivity index is 2.41. The molecule has 0 aromatic heterocycles. The maximum atomic E-state index is 5.97. The second-order valence-electron chi connectivity index (χ2n) is 4.87. The highest BCUT2D eigenvalue weighted by Crippen LogP contribution is 2.25. The molecular weight excluding hydrogens is 280 g/mol. The molecule has 1 nitrogen and oxygen atoms in total. The summed E-state index contributed by atoms with van der Waals surface area (Å²) < 4.78 is 7.08. The van der Waals surface area contributed by atoms with Gasteiger partial charge < -0.3 is 4.43 Å². The SMILES string of the molecule is C[Si](C)(C)Oc1ccc2cc(Br)ccc2c1. The van der Waals surface area contributed by atoms with Crippen LogP contribution < -0.4 is 4.43 Å². The molecule has 0 aliphatic carbocycles. The van der Waals surface area contributed by atoms with Gasteiger partial charge >= 0.3 is 0 Å². The van der Waals surface area contributed by atoms with E-state index in [4.69, 9.17) is 4.43 Å². The van der Waals surface area contributed by atoms with Crippen LogP contribution >= 0.6 is 15.9 Å². The lowest BCUT2D eigenvalue weighted by Crippen LogP contribution is -2.29. The van der Waals surface area contributed by atoms with Crippen molar-refractivity contribution in [1.29, 1.82) is 0 Å². The zero-order valence-electron chi connectivity index (χ0n) is 9.75. The molecule has 0 aliphatic heterocycles.